The van der Waals surface area contributed by atoms with Crippen molar-refractivity contribution in [1.29, 1.82) is 0 Å². The van der Waals surface area contributed by atoms with Crippen molar-refractivity contribution in [2.75, 3.05) is 6.54 Å². The van der Waals surface area contributed by atoms with Gasteiger partial charge in [-0.15, -0.1) is 0 Å². The van der Waals surface area contributed by atoms with Gasteiger partial charge in [0.2, 0.25) is 0 Å². The summed E-state index contributed by atoms with van der Waals surface area (Å²) in [4.78, 5) is 10.6. The molecule has 0 amide bonds. The van der Waals surface area contributed by atoms with E-state index in [2.05, 4.69) is 0 Å². The molecule has 1 fully saturated rings. The summed E-state index contributed by atoms with van der Waals surface area (Å²) in [6.07, 6.45) is -3.94. The Morgan fingerprint density at radius 1 is 1.33 bits per heavy atom. The molecule has 0 aliphatic heterocycles. The van der Waals surface area contributed by atoms with Crippen molar-refractivity contribution < 1.29 is 31.5 Å². The lowest BCUT2D eigenvalue weighted by Gasteiger charge is -2.14. The zero-order valence-corrected chi connectivity index (χ0v) is 10.0. The van der Waals surface area contributed by atoms with Crippen molar-refractivity contribution in [3.8, 4) is 0 Å². The molecule has 1 saturated carbocycles. The van der Waals surface area contributed by atoms with Crippen molar-refractivity contribution in [3.63, 3.8) is 0 Å². The highest BCUT2D eigenvalue weighted by atomic mass is 32.2. The van der Waals surface area contributed by atoms with Gasteiger partial charge < -0.3 is 5.11 Å². The van der Waals surface area contributed by atoms with Crippen LogP contribution in [-0.2, 0) is 15.0 Å². The number of rotatable bonds is 5. The molecule has 106 valence electrons. The molecule has 0 aromatic rings. The zero-order chi connectivity index (χ0) is 14.0. The third-order valence-electron chi connectivity index (χ3n) is 2.57. The average molecular weight is 290 g/mol. The van der Waals surface area contributed by atoms with Crippen LogP contribution < -0.4 is 9.44 Å². The van der Waals surface area contributed by atoms with Crippen LogP contribution in [0.1, 0.15) is 19.3 Å². The summed E-state index contributed by atoms with van der Waals surface area (Å²) in [6, 6.07) is -0.642. The minimum atomic E-state index is -4.63. The SMILES string of the molecule is O=C(O)[C@@H]1CC[C@H](NS(=O)(=O)NCC(F)(F)F)C1. The van der Waals surface area contributed by atoms with Crippen LogP contribution in [-0.4, -0.2) is 38.3 Å². The van der Waals surface area contributed by atoms with Gasteiger partial charge in [-0.2, -0.15) is 31.0 Å². The highest BCUT2D eigenvalue weighted by molar-refractivity contribution is 7.87. The van der Waals surface area contributed by atoms with Gasteiger partial charge in [0.25, 0.3) is 10.2 Å². The Bertz CT molecular complexity index is 409. The molecule has 1 aliphatic carbocycles. The van der Waals surface area contributed by atoms with Crippen LogP contribution in [0.25, 0.3) is 0 Å². The van der Waals surface area contributed by atoms with E-state index in [1.807, 2.05) is 4.72 Å². The van der Waals surface area contributed by atoms with Gasteiger partial charge in [0.15, 0.2) is 0 Å². The first kappa shape index (κ1) is 15.2. The lowest BCUT2D eigenvalue weighted by atomic mass is 10.1. The van der Waals surface area contributed by atoms with Crippen LogP contribution in [0.3, 0.4) is 0 Å². The Kier molecular flexibility index (Phi) is 4.56. The summed E-state index contributed by atoms with van der Waals surface area (Å²) in [6.45, 7) is -1.66. The largest absolute Gasteiger partial charge is 0.481 e. The van der Waals surface area contributed by atoms with Crippen molar-refractivity contribution in [1.82, 2.24) is 9.44 Å². The Morgan fingerprint density at radius 3 is 2.39 bits per heavy atom. The second-order valence-electron chi connectivity index (χ2n) is 4.10. The Labute approximate surface area is 102 Å². The van der Waals surface area contributed by atoms with Gasteiger partial charge in [-0.25, -0.2) is 0 Å². The van der Waals surface area contributed by atoms with Crippen molar-refractivity contribution in [3.05, 3.63) is 0 Å². The van der Waals surface area contributed by atoms with Gasteiger partial charge >= 0.3 is 12.1 Å². The number of hydrogen-bond donors (Lipinski definition) is 3. The summed E-state index contributed by atoms with van der Waals surface area (Å²) in [5.74, 6) is -1.68. The van der Waals surface area contributed by atoms with E-state index >= 15 is 0 Å². The molecular weight excluding hydrogens is 277 g/mol. The molecule has 0 aromatic heterocycles. The molecular formula is C8H13F3N2O4S. The zero-order valence-electron chi connectivity index (χ0n) is 9.20. The van der Waals surface area contributed by atoms with E-state index in [1.165, 1.54) is 4.72 Å². The lowest BCUT2D eigenvalue weighted by Crippen LogP contribution is -2.45. The van der Waals surface area contributed by atoms with E-state index in [9.17, 15) is 26.4 Å². The predicted molar refractivity (Wildman–Crippen MR) is 54.9 cm³/mol. The summed E-state index contributed by atoms with van der Waals surface area (Å²) < 4.78 is 61.4. The van der Waals surface area contributed by atoms with Crippen molar-refractivity contribution in [2.45, 2.75) is 31.5 Å². The molecule has 6 nitrogen and oxygen atoms in total. The quantitative estimate of drug-likeness (QED) is 0.675. The van der Waals surface area contributed by atoms with Gasteiger partial charge in [-0.05, 0) is 19.3 Å². The van der Waals surface area contributed by atoms with E-state index in [1.54, 1.807) is 0 Å². The maximum absolute atomic E-state index is 11.8. The highest BCUT2D eigenvalue weighted by Crippen LogP contribution is 2.26. The second kappa shape index (κ2) is 5.41. The fourth-order valence-corrected chi connectivity index (χ4v) is 2.84. The highest BCUT2D eigenvalue weighted by Gasteiger charge is 2.34. The molecule has 0 unspecified atom stereocenters. The molecule has 0 aromatic carbocycles. The number of nitrogens with one attached hydrogen (secondary N) is 2. The fraction of sp³-hybridized carbons (Fsp3) is 0.875. The first-order valence-electron chi connectivity index (χ1n) is 5.15. The standard InChI is InChI=1S/C8H13F3N2O4S/c9-8(10,11)4-12-18(16,17)13-6-2-1-5(3-6)7(14)15/h5-6,12-13H,1-4H2,(H,14,15)/t5-,6+/m1/s1. The van der Waals surface area contributed by atoms with E-state index in [0.29, 0.717) is 12.8 Å². The summed E-state index contributed by atoms with van der Waals surface area (Å²) in [5.41, 5.74) is 0. The Morgan fingerprint density at radius 2 is 1.94 bits per heavy atom. The van der Waals surface area contributed by atoms with Crippen LogP contribution >= 0.6 is 0 Å². The third-order valence-corrected chi connectivity index (χ3v) is 3.73. The fourth-order valence-electron chi connectivity index (χ4n) is 1.75. The summed E-state index contributed by atoms with van der Waals surface area (Å²) in [5, 5.41) is 8.70. The number of alkyl halides is 3. The van der Waals surface area contributed by atoms with E-state index < -0.39 is 40.9 Å². The molecule has 3 N–H and O–H groups in total. The average Bonchev–Trinajstić information content (AvgIpc) is 2.62. The number of carboxylic acids is 1. The van der Waals surface area contributed by atoms with Gasteiger partial charge in [0, 0.05) is 6.04 Å². The molecule has 0 bridgehead atoms. The van der Waals surface area contributed by atoms with Crippen LogP contribution in [0.5, 0.6) is 0 Å². The summed E-state index contributed by atoms with van der Waals surface area (Å²) in [7, 11) is -4.26. The molecule has 0 saturated heterocycles. The van der Waals surface area contributed by atoms with Crippen LogP contribution in [0.15, 0.2) is 0 Å². The van der Waals surface area contributed by atoms with Gasteiger partial charge in [0.1, 0.15) is 6.54 Å². The number of halogens is 3. The van der Waals surface area contributed by atoms with Crippen molar-refractivity contribution >= 4 is 16.2 Å². The molecule has 10 heteroatoms. The maximum atomic E-state index is 11.8. The first-order valence-corrected chi connectivity index (χ1v) is 6.64. The third kappa shape index (κ3) is 5.19. The molecule has 2 atom stereocenters. The van der Waals surface area contributed by atoms with Crippen LogP contribution in [0.4, 0.5) is 13.2 Å². The number of carboxylic acid groups (broad SMARTS) is 1. The minimum absolute atomic E-state index is 0.0856. The predicted octanol–water partition coefficient (Wildman–Crippen LogP) is 0.226. The molecule has 0 spiro atoms. The summed E-state index contributed by atoms with van der Waals surface area (Å²) >= 11 is 0. The van der Waals surface area contributed by atoms with Crippen LogP contribution in [0, 0.1) is 5.92 Å². The molecule has 0 heterocycles. The lowest BCUT2D eigenvalue weighted by molar-refractivity contribution is -0.141. The number of carbonyl (C=O) groups is 1. The second-order valence-corrected chi connectivity index (χ2v) is 5.63. The first-order chi connectivity index (χ1) is 8.09. The molecule has 18 heavy (non-hydrogen) atoms. The van der Waals surface area contributed by atoms with E-state index in [-0.39, 0.29) is 6.42 Å². The van der Waals surface area contributed by atoms with E-state index in [4.69, 9.17) is 5.11 Å². The van der Waals surface area contributed by atoms with Gasteiger partial charge in [-0.3, -0.25) is 4.79 Å². The molecule has 1 rings (SSSR count). The monoisotopic (exact) mass is 290 g/mol. The Balaban J connectivity index is 2.45. The van der Waals surface area contributed by atoms with E-state index in [0.717, 1.165) is 0 Å². The minimum Gasteiger partial charge on any atom is -0.481 e. The van der Waals surface area contributed by atoms with Gasteiger partial charge in [0.05, 0.1) is 5.92 Å². The normalized spacial score (nSPS) is 25.3. The number of aliphatic carboxylic acids is 1. The topological polar surface area (TPSA) is 95.5 Å². The maximum Gasteiger partial charge on any atom is 0.402 e. The number of hydrogen-bond acceptors (Lipinski definition) is 3. The van der Waals surface area contributed by atoms with Crippen molar-refractivity contribution in [2.24, 2.45) is 5.92 Å². The van der Waals surface area contributed by atoms with Crippen LogP contribution in [0.2, 0.25) is 0 Å². The van der Waals surface area contributed by atoms with Gasteiger partial charge in [-0.1, -0.05) is 0 Å². The Hall–Kier alpha value is -0.870. The molecule has 1 aliphatic rings. The molecule has 0 radical (unpaired) electrons. The smallest absolute Gasteiger partial charge is 0.402 e.